The van der Waals surface area contributed by atoms with Gasteiger partial charge in [0.1, 0.15) is 11.6 Å². The monoisotopic (exact) mass is 409 g/mol. The van der Waals surface area contributed by atoms with Gasteiger partial charge in [0.05, 0.1) is 22.7 Å². The van der Waals surface area contributed by atoms with Crippen LogP contribution >= 0.6 is 11.3 Å². The van der Waals surface area contributed by atoms with Crippen molar-refractivity contribution in [2.75, 3.05) is 19.7 Å². The molecule has 2 amide bonds. The van der Waals surface area contributed by atoms with Crippen molar-refractivity contribution in [2.45, 2.75) is 13.0 Å². The van der Waals surface area contributed by atoms with Crippen molar-refractivity contribution in [3.63, 3.8) is 0 Å². The Bertz CT molecular complexity index is 1090. The third kappa shape index (κ3) is 3.29. The molecule has 0 unspecified atom stereocenters. The smallest absolute Gasteiger partial charge is 0.228 e. The lowest BCUT2D eigenvalue weighted by Gasteiger charge is -2.22. The topological polar surface area (TPSA) is 91.8 Å². The molecule has 0 radical (unpaired) electrons. The van der Waals surface area contributed by atoms with Crippen LogP contribution in [-0.2, 0) is 16.1 Å². The van der Waals surface area contributed by atoms with Crippen molar-refractivity contribution in [1.82, 2.24) is 15.2 Å². The summed E-state index contributed by atoms with van der Waals surface area (Å²) in [6.07, 6.45) is 0.222. The van der Waals surface area contributed by atoms with Crippen LogP contribution in [0, 0.1) is 5.92 Å². The van der Waals surface area contributed by atoms with Crippen LogP contribution in [0.1, 0.15) is 12.0 Å². The number of para-hydroxylation sites is 1. The zero-order valence-electron chi connectivity index (χ0n) is 15.6. The predicted octanol–water partition coefficient (Wildman–Crippen LogP) is 2.53. The second-order valence-electron chi connectivity index (χ2n) is 7.28. The number of nitrogens with zero attached hydrogens (tertiary/aromatic N) is 2. The molecule has 5 rings (SSSR count). The van der Waals surface area contributed by atoms with Gasteiger partial charge in [0.2, 0.25) is 11.8 Å². The molecule has 0 aliphatic carbocycles. The summed E-state index contributed by atoms with van der Waals surface area (Å²) in [6.45, 7) is 1.40. The highest BCUT2D eigenvalue weighted by Gasteiger charge is 2.33. The summed E-state index contributed by atoms with van der Waals surface area (Å²) in [4.78, 5) is 30.7. The maximum absolute atomic E-state index is 12.9. The molecule has 1 aromatic heterocycles. The van der Waals surface area contributed by atoms with Crippen LogP contribution < -0.4 is 10.1 Å². The Labute approximate surface area is 170 Å². The fourth-order valence-electron chi connectivity index (χ4n) is 3.84. The number of benzene rings is 2. The van der Waals surface area contributed by atoms with Gasteiger partial charge < -0.3 is 20.1 Å². The van der Waals surface area contributed by atoms with Crippen molar-refractivity contribution in [2.24, 2.45) is 5.92 Å². The van der Waals surface area contributed by atoms with Crippen LogP contribution in [0.5, 0.6) is 11.5 Å². The van der Waals surface area contributed by atoms with Crippen molar-refractivity contribution in [3.8, 4) is 22.1 Å². The zero-order chi connectivity index (χ0) is 20.0. The molecule has 2 N–H and O–H groups in total. The van der Waals surface area contributed by atoms with Crippen molar-refractivity contribution in [3.05, 3.63) is 42.0 Å². The zero-order valence-corrected chi connectivity index (χ0v) is 16.4. The summed E-state index contributed by atoms with van der Waals surface area (Å²) < 4.78 is 6.82. The van der Waals surface area contributed by atoms with Gasteiger partial charge in [-0.2, -0.15) is 0 Å². The average Bonchev–Trinajstić information content (AvgIpc) is 3.28. The van der Waals surface area contributed by atoms with Crippen molar-refractivity contribution in [1.29, 1.82) is 0 Å². The van der Waals surface area contributed by atoms with E-state index in [9.17, 15) is 14.7 Å². The molecule has 1 atom stereocenters. The van der Waals surface area contributed by atoms with Gasteiger partial charge in [-0.25, -0.2) is 4.98 Å². The minimum Gasteiger partial charge on any atom is -0.504 e. The third-order valence-corrected chi connectivity index (χ3v) is 6.38. The number of aromatic hydroxyl groups is 1. The Hall–Kier alpha value is -3.13. The van der Waals surface area contributed by atoms with E-state index in [4.69, 9.17) is 4.74 Å². The van der Waals surface area contributed by atoms with Gasteiger partial charge in [0.15, 0.2) is 11.5 Å². The number of phenolic OH excluding ortho intramolecular Hbond substituents is 1. The molecule has 7 nitrogen and oxygen atoms in total. The van der Waals surface area contributed by atoms with Gasteiger partial charge in [-0.3, -0.25) is 9.59 Å². The Morgan fingerprint density at radius 3 is 2.97 bits per heavy atom. The van der Waals surface area contributed by atoms with E-state index in [1.54, 1.807) is 22.3 Å². The van der Waals surface area contributed by atoms with Gasteiger partial charge in [-0.1, -0.05) is 12.1 Å². The standard InChI is InChI=1S/C21H19N3O4S/c25-16-8-12(20-23-15-3-1-2-4-17(15)29-20)7-14-11-24(5-6-28-19(14)16)21(27)13-9-18(26)22-10-13/h1-4,7-8,13,25H,5-6,9-11H2,(H,22,26)/t13-/m1/s1. The average molecular weight is 409 g/mol. The number of phenols is 1. The number of carbonyl (C=O) groups excluding carboxylic acids is 2. The second kappa shape index (κ2) is 7.04. The summed E-state index contributed by atoms with van der Waals surface area (Å²) in [5.41, 5.74) is 2.44. The van der Waals surface area contributed by atoms with E-state index in [0.29, 0.717) is 32.0 Å². The lowest BCUT2D eigenvalue weighted by atomic mass is 10.1. The molecule has 0 saturated carbocycles. The number of amides is 2. The minimum absolute atomic E-state index is 0.0452. The van der Waals surface area contributed by atoms with Gasteiger partial charge in [0, 0.05) is 30.6 Å². The van der Waals surface area contributed by atoms with Gasteiger partial charge in [0.25, 0.3) is 0 Å². The second-order valence-corrected chi connectivity index (χ2v) is 8.31. The molecule has 1 fully saturated rings. The van der Waals surface area contributed by atoms with Crippen LogP contribution in [0.15, 0.2) is 36.4 Å². The van der Waals surface area contributed by atoms with Crippen LogP contribution in [0.2, 0.25) is 0 Å². The number of rotatable bonds is 2. The SMILES string of the molecule is O=C1C[C@@H](C(=O)N2CCOc3c(O)cc(-c4nc5ccccc5s4)cc3C2)CN1. The molecule has 3 heterocycles. The van der Waals surface area contributed by atoms with E-state index in [2.05, 4.69) is 10.3 Å². The molecule has 1 saturated heterocycles. The molecule has 0 spiro atoms. The molecule has 2 aliphatic rings. The van der Waals surface area contributed by atoms with Gasteiger partial charge in [-0.05, 0) is 24.3 Å². The number of fused-ring (bicyclic) bond motifs is 2. The fraction of sp³-hybridized carbons (Fsp3) is 0.286. The predicted molar refractivity (Wildman–Crippen MR) is 109 cm³/mol. The fourth-order valence-corrected chi connectivity index (χ4v) is 4.80. The first-order valence-corrected chi connectivity index (χ1v) is 10.3. The molecule has 148 valence electrons. The molecule has 3 aromatic rings. The Balaban J connectivity index is 1.48. The molecule has 0 bridgehead atoms. The number of hydrogen-bond acceptors (Lipinski definition) is 6. The number of ether oxygens (including phenoxy) is 1. The normalized spacial score (nSPS) is 18.8. The molecular weight excluding hydrogens is 390 g/mol. The van der Waals surface area contributed by atoms with Crippen molar-refractivity contribution >= 4 is 33.4 Å². The maximum Gasteiger partial charge on any atom is 0.228 e. The largest absolute Gasteiger partial charge is 0.504 e. The number of nitrogens with one attached hydrogen (secondary N) is 1. The van der Waals surface area contributed by atoms with Gasteiger partial charge >= 0.3 is 0 Å². The van der Waals surface area contributed by atoms with Crippen molar-refractivity contribution < 1.29 is 19.4 Å². The molecule has 29 heavy (non-hydrogen) atoms. The summed E-state index contributed by atoms with van der Waals surface area (Å²) in [5.74, 6) is -0.0464. The van der Waals surface area contributed by atoms with E-state index in [-0.39, 0.29) is 29.9 Å². The number of thiazole rings is 1. The summed E-state index contributed by atoms with van der Waals surface area (Å²) in [7, 11) is 0. The summed E-state index contributed by atoms with van der Waals surface area (Å²) >= 11 is 1.55. The molecule has 2 aromatic carbocycles. The van der Waals surface area contributed by atoms with Crippen LogP contribution in [-0.4, -0.2) is 46.5 Å². The molecule has 2 aliphatic heterocycles. The van der Waals surface area contributed by atoms with E-state index in [1.807, 2.05) is 30.3 Å². The molecular formula is C21H19N3O4S. The first-order valence-electron chi connectivity index (χ1n) is 9.48. The molecule has 8 heteroatoms. The number of carbonyl (C=O) groups is 2. The van der Waals surface area contributed by atoms with E-state index in [1.165, 1.54) is 0 Å². The van der Waals surface area contributed by atoms with E-state index >= 15 is 0 Å². The summed E-state index contributed by atoms with van der Waals surface area (Å²) in [6, 6.07) is 11.5. The minimum atomic E-state index is -0.343. The third-order valence-electron chi connectivity index (χ3n) is 5.29. The van der Waals surface area contributed by atoms with E-state index in [0.717, 1.165) is 26.4 Å². The summed E-state index contributed by atoms with van der Waals surface area (Å²) in [5, 5.41) is 14.1. The van der Waals surface area contributed by atoms with Crippen LogP contribution in [0.25, 0.3) is 20.8 Å². The number of hydrogen-bond donors (Lipinski definition) is 2. The lowest BCUT2D eigenvalue weighted by Crippen LogP contribution is -2.37. The maximum atomic E-state index is 12.9. The Kier molecular flexibility index (Phi) is 4.35. The van der Waals surface area contributed by atoms with Crippen LogP contribution in [0.4, 0.5) is 0 Å². The van der Waals surface area contributed by atoms with E-state index < -0.39 is 0 Å². The van der Waals surface area contributed by atoms with Gasteiger partial charge in [-0.15, -0.1) is 11.3 Å². The first-order chi connectivity index (χ1) is 14.1. The highest BCUT2D eigenvalue weighted by molar-refractivity contribution is 7.21. The number of aromatic nitrogens is 1. The first kappa shape index (κ1) is 17.9. The highest BCUT2D eigenvalue weighted by Crippen LogP contribution is 2.39. The highest BCUT2D eigenvalue weighted by atomic mass is 32.1. The Morgan fingerprint density at radius 1 is 1.31 bits per heavy atom. The quantitative estimate of drug-likeness (QED) is 0.679. The lowest BCUT2D eigenvalue weighted by molar-refractivity contribution is -0.136. The Morgan fingerprint density at radius 2 is 2.17 bits per heavy atom. The van der Waals surface area contributed by atoms with Crippen LogP contribution in [0.3, 0.4) is 0 Å².